The van der Waals surface area contributed by atoms with Gasteiger partial charge in [0.15, 0.2) is 0 Å². The van der Waals surface area contributed by atoms with E-state index in [1.165, 1.54) is 6.42 Å². The van der Waals surface area contributed by atoms with Crippen molar-refractivity contribution >= 4 is 5.91 Å². The minimum absolute atomic E-state index is 0.0402. The Balaban J connectivity index is 2.42. The Labute approximate surface area is 98.0 Å². The number of amides is 1. The highest BCUT2D eigenvalue weighted by molar-refractivity contribution is 5.78. The Morgan fingerprint density at radius 1 is 1.44 bits per heavy atom. The third-order valence-electron chi connectivity index (χ3n) is 3.11. The van der Waals surface area contributed by atoms with Crippen LogP contribution in [0.2, 0.25) is 0 Å². The molecule has 1 unspecified atom stereocenters. The molecule has 1 heterocycles. The average molecular weight is 228 g/mol. The molecule has 16 heavy (non-hydrogen) atoms. The molecule has 0 aromatic carbocycles. The monoisotopic (exact) mass is 228 g/mol. The van der Waals surface area contributed by atoms with Crippen LogP contribution in [-0.2, 0) is 4.79 Å². The minimum atomic E-state index is 0.0402. The van der Waals surface area contributed by atoms with Crippen molar-refractivity contribution in [3.8, 4) is 0 Å². The van der Waals surface area contributed by atoms with Crippen molar-refractivity contribution < 1.29 is 9.90 Å². The van der Waals surface area contributed by atoms with E-state index in [2.05, 4.69) is 12.2 Å². The third kappa shape index (κ3) is 4.10. The standard InChI is InChI=1S/C12H24N2O2/c1-2-7-13-9-12(16)14-8-5-3-4-6-11(14)10-15/h11,13,15H,2-10H2,1H3. The molecule has 1 saturated heterocycles. The molecule has 4 nitrogen and oxygen atoms in total. The fourth-order valence-electron chi connectivity index (χ4n) is 2.17. The first-order valence-electron chi connectivity index (χ1n) is 6.40. The van der Waals surface area contributed by atoms with Crippen LogP contribution in [0.25, 0.3) is 0 Å². The molecule has 1 rings (SSSR count). The SMILES string of the molecule is CCCNCC(=O)N1CCCCCC1CO. The second-order valence-electron chi connectivity index (χ2n) is 4.45. The summed E-state index contributed by atoms with van der Waals surface area (Å²) < 4.78 is 0. The quantitative estimate of drug-likeness (QED) is 0.683. The number of carbonyl (C=O) groups excluding carboxylic acids is 1. The van der Waals surface area contributed by atoms with Crippen molar-refractivity contribution in [1.82, 2.24) is 10.2 Å². The van der Waals surface area contributed by atoms with Gasteiger partial charge in [0.1, 0.15) is 0 Å². The molecule has 1 fully saturated rings. The molecule has 0 aliphatic carbocycles. The molecule has 4 heteroatoms. The molecule has 0 aromatic heterocycles. The number of rotatable bonds is 5. The lowest BCUT2D eigenvalue weighted by molar-refractivity contribution is -0.133. The van der Waals surface area contributed by atoms with Gasteiger partial charge in [-0.3, -0.25) is 4.79 Å². The normalized spacial score (nSPS) is 21.9. The van der Waals surface area contributed by atoms with Gasteiger partial charge in [0.05, 0.1) is 19.2 Å². The average Bonchev–Trinajstić information content (AvgIpc) is 2.54. The summed E-state index contributed by atoms with van der Waals surface area (Å²) in [5.41, 5.74) is 0. The Morgan fingerprint density at radius 3 is 2.94 bits per heavy atom. The van der Waals surface area contributed by atoms with Gasteiger partial charge in [-0.15, -0.1) is 0 Å². The number of nitrogens with one attached hydrogen (secondary N) is 1. The molecule has 0 bridgehead atoms. The second-order valence-corrected chi connectivity index (χ2v) is 4.45. The maximum Gasteiger partial charge on any atom is 0.236 e. The lowest BCUT2D eigenvalue weighted by Gasteiger charge is -2.28. The first kappa shape index (κ1) is 13.5. The van der Waals surface area contributed by atoms with Crippen LogP contribution < -0.4 is 5.32 Å². The summed E-state index contributed by atoms with van der Waals surface area (Å²) in [6.45, 7) is 4.27. The Hall–Kier alpha value is -0.610. The Bertz CT molecular complexity index is 209. The maximum atomic E-state index is 11.9. The van der Waals surface area contributed by atoms with E-state index in [0.717, 1.165) is 38.8 Å². The van der Waals surface area contributed by atoms with Gasteiger partial charge in [-0.1, -0.05) is 19.8 Å². The Morgan fingerprint density at radius 2 is 2.25 bits per heavy atom. The van der Waals surface area contributed by atoms with E-state index < -0.39 is 0 Å². The van der Waals surface area contributed by atoms with Crippen LogP contribution in [0.3, 0.4) is 0 Å². The van der Waals surface area contributed by atoms with Gasteiger partial charge in [0.25, 0.3) is 0 Å². The van der Waals surface area contributed by atoms with Gasteiger partial charge in [0, 0.05) is 6.54 Å². The fourth-order valence-corrected chi connectivity index (χ4v) is 2.17. The molecule has 1 amide bonds. The summed E-state index contributed by atoms with van der Waals surface area (Å²) in [5, 5.41) is 12.4. The number of carbonyl (C=O) groups is 1. The zero-order valence-corrected chi connectivity index (χ0v) is 10.2. The third-order valence-corrected chi connectivity index (χ3v) is 3.11. The van der Waals surface area contributed by atoms with Crippen LogP contribution in [0.15, 0.2) is 0 Å². The van der Waals surface area contributed by atoms with Crippen molar-refractivity contribution in [3.63, 3.8) is 0 Å². The van der Waals surface area contributed by atoms with Crippen molar-refractivity contribution in [3.05, 3.63) is 0 Å². The summed E-state index contributed by atoms with van der Waals surface area (Å²) in [6.07, 6.45) is 5.34. The molecule has 1 aliphatic heterocycles. The molecule has 0 aromatic rings. The molecule has 1 atom stereocenters. The molecular formula is C12H24N2O2. The van der Waals surface area contributed by atoms with Crippen LogP contribution in [0.4, 0.5) is 0 Å². The zero-order valence-electron chi connectivity index (χ0n) is 10.2. The van der Waals surface area contributed by atoms with Gasteiger partial charge >= 0.3 is 0 Å². The van der Waals surface area contributed by atoms with Crippen molar-refractivity contribution in [1.29, 1.82) is 0 Å². The van der Waals surface area contributed by atoms with E-state index in [1.807, 2.05) is 4.90 Å². The summed E-state index contributed by atoms with van der Waals surface area (Å²) >= 11 is 0. The summed E-state index contributed by atoms with van der Waals surface area (Å²) in [6, 6.07) is 0.0402. The number of nitrogens with zero attached hydrogens (tertiary/aromatic N) is 1. The maximum absolute atomic E-state index is 11.9. The smallest absolute Gasteiger partial charge is 0.236 e. The van der Waals surface area contributed by atoms with Crippen LogP contribution >= 0.6 is 0 Å². The molecule has 0 radical (unpaired) electrons. The molecule has 0 spiro atoms. The van der Waals surface area contributed by atoms with E-state index >= 15 is 0 Å². The zero-order chi connectivity index (χ0) is 11.8. The van der Waals surface area contributed by atoms with Crippen LogP contribution in [0.1, 0.15) is 39.0 Å². The number of hydrogen-bond donors (Lipinski definition) is 2. The number of aliphatic hydroxyl groups excluding tert-OH is 1. The highest BCUT2D eigenvalue weighted by Gasteiger charge is 2.23. The first-order valence-corrected chi connectivity index (χ1v) is 6.40. The fraction of sp³-hybridized carbons (Fsp3) is 0.917. The predicted octanol–water partition coefficient (Wildman–Crippen LogP) is 0.749. The second kappa shape index (κ2) is 7.63. The van der Waals surface area contributed by atoms with Crippen LogP contribution in [-0.4, -0.2) is 48.2 Å². The molecule has 0 saturated carbocycles. The largest absolute Gasteiger partial charge is 0.394 e. The van der Waals surface area contributed by atoms with Crippen molar-refractivity contribution in [2.45, 2.75) is 45.1 Å². The number of aliphatic hydroxyl groups is 1. The van der Waals surface area contributed by atoms with Gasteiger partial charge in [-0.25, -0.2) is 0 Å². The number of likely N-dealkylation sites (tertiary alicyclic amines) is 1. The first-order chi connectivity index (χ1) is 7.79. The molecule has 1 aliphatic rings. The molecular weight excluding hydrogens is 204 g/mol. The minimum Gasteiger partial charge on any atom is -0.394 e. The van der Waals surface area contributed by atoms with Crippen molar-refractivity contribution in [2.75, 3.05) is 26.2 Å². The van der Waals surface area contributed by atoms with E-state index in [0.29, 0.717) is 6.54 Å². The topological polar surface area (TPSA) is 52.6 Å². The summed E-state index contributed by atoms with van der Waals surface area (Å²) in [4.78, 5) is 13.8. The van der Waals surface area contributed by atoms with E-state index in [-0.39, 0.29) is 18.6 Å². The Kier molecular flexibility index (Phi) is 6.42. The van der Waals surface area contributed by atoms with E-state index in [4.69, 9.17) is 0 Å². The molecule has 2 N–H and O–H groups in total. The van der Waals surface area contributed by atoms with E-state index in [1.54, 1.807) is 0 Å². The van der Waals surface area contributed by atoms with E-state index in [9.17, 15) is 9.90 Å². The summed E-state index contributed by atoms with van der Waals surface area (Å²) in [7, 11) is 0. The number of hydrogen-bond acceptors (Lipinski definition) is 3. The molecule has 94 valence electrons. The van der Waals surface area contributed by atoms with Crippen molar-refractivity contribution in [2.24, 2.45) is 0 Å². The highest BCUT2D eigenvalue weighted by Crippen LogP contribution is 2.16. The lowest BCUT2D eigenvalue weighted by atomic mass is 10.1. The highest BCUT2D eigenvalue weighted by atomic mass is 16.3. The summed E-state index contributed by atoms with van der Waals surface area (Å²) in [5.74, 6) is 0.134. The van der Waals surface area contributed by atoms with Gasteiger partial charge in [-0.05, 0) is 25.8 Å². The lowest BCUT2D eigenvalue weighted by Crippen LogP contribution is -2.46. The van der Waals surface area contributed by atoms with Crippen LogP contribution in [0.5, 0.6) is 0 Å². The van der Waals surface area contributed by atoms with Gasteiger partial charge in [-0.2, -0.15) is 0 Å². The van der Waals surface area contributed by atoms with Gasteiger partial charge in [0.2, 0.25) is 5.91 Å². The van der Waals surface area contributed by atoms with Gasteiger partial charge < -0.3 is 15.3 Å². The van der Waals surface area contributed by atoms with Crippen LogP contribution in [0, 0.1) is 0 Å². The predicted molar refractivity (Wildman–Crippen MR) is 64.2 cm³/mol.